The molecule has 26 heavy (non-hydrogen) atoms. The largest absolute Gasteiger partial charge is 0.478 e. The van der Waals surface area contributed by atoms with Crippen molar-refractivity contribution in [1.82, 2.24) is 9.78 Å². The van der Waals surface area contributed by atoms with Gasteiger partial charge in [-0.1, -0.05) is 6.07 Å². The van der Waals surface area contributed by atoms with E-state index in [1.165, 1.54) is 54.3 Å². The highest BCUT2D eigenvalue weighted by molar-refractivity contribution is 7.92. The quantitative estimate of drug-likeness (QED) is 0.714. The molecule has 2 N–H and O–H groups in total. The second-order valence-corrected chi connectivity index (χ2v) is 7.14. The lowest BCUT2D eigenvalue weighted by Gasteiger charge is -2.13. The van der Waals surface area contributed by atoms with Crippen molar-refractivity contribution in [2.45, 2.75) is 11.8 Å². The number of hydrogen-bond acceptors (Lipinski definition) is 4. The molecule has 0 atom stereocenters. The first-order valence-corrected chi connectivity index (χ1v) is 8.93. The number of carboxylic acids is 1. The van der Waals surface area contributed by atoms with E-state index in [1.54, 1.807) is 6.07 Å². The summed E-state index contributed by atoms with van der Waals surface area (Å²) in [4.78, 5) is 10.9. The molecular formula is C17H14FN3O4S. The lowest BCUT2D eigenvalue weighted by Crippen LogP contribution is -2.15. The average Bonchev–Trinajstić information content (AvgIpc) is 3.10. The van der Waals surface area contributed by atoms with Gasteiger partial charge in [-0.15, -0.1) is 0 Å². The summed E-state index contributed by atoms with van der Waals surface area (Å²) in [7, 11) is -4.10. The zero-order chi connectivity index (χ0) is 18.9. The molecule has 0 fully saturated rings. The molecular weight excluding hydrogens is 361 g/mol. The van der Waals surface area contributed by atoms with Crippen LogP contribution in [-0.2, 0) is 10.0 Å². The van der Waals surface area contributed by atoms with E-state index in [2.05, 4.69) is 9.82 Å². The monoisotopic (exact) mass is 375 g/mol. The first-order valence-electron chi connectivity index (χ1n) is 7.45. The third-order valence-electron chi connectivity index (χ3n) is 3.79. The van der Waals surface area contributed by atoms with Crippen LogP contribution in [0.2, 0.25) is 0 Å². The van der Waals surface area contributed by atoms with Gasteiger partial charge in [-0.05, 0) is 48.9 Å². The van der Waals surface area contributed by atoms with Crippen LogP contribution in [0.15, 0.2) is 59.8 Å². The minimum absolute atomic E-state index is 0.0228. The van der Waals surface area contributed by atoms with E-state index >= 15 is 0 Å². The van der Waals surface area contributed by atoms with E-state index < -0.39 is 21.8 Å². The van der Waals surface area contributed by atoms with Crippen LogP contribution in [0, 0.1) is 12.7 Å². The Balaban J connectivity index is 1.96. The molecule has 3 rings (SSSR count). The van der Waals surface area contributed by atoms with Crippen LogP contribution in [-0.4, -0.2) is 29.3 Å². The molecule has 0 radical (unpaired) electrons. The predicted octanol–water partition coefficient (Wildman–Crippen LogP) is 2.82. The standard InChI is InChI=1S/C17H14FN3O4S/c1-11-13(17(22)23)4-2-5-15(11)20-26(24,25)12-6-7-16(14(18)10-12)21-9-3-8-19-21/h2-10,20H,1H3,(H,22,23). The van der Waals surface area contributed by atoms with Gasteiger partial charge in [-0.25, -0.2) is 22.3 Å². The van der Waals surface area contributed by atoms with Crippen molar-refractivity contribution in [3.8, 4) is 5.69 Å². The van der Waals surface area contributed by atoms with Crippen LogP contribution >= 0.6 is 0 Å². The fraction of sp³-hybridized carbons (Fsp3) is 0.0588. The van der Waals surface area contributed by atoms with Gasteiger partial charge in [0, 0.05) is 12.4 Å². The van der Waals surface area contributed by atoms with Crippen molar-refractivity contribution >= 4 is 21.7 Å². The third kappa shape index (κ3) is 3.29. The molecule has 3 aromatic rings. The molecule has 0 aliphatic heterocycles. The molecule has 9 heteroatoms. The van der Waals surface area contributed by atoms with E-state index in [0.717, 1.165) is 6.07 Å². The lowest BCUT2D eigenvalue weighted by molar-refractivity contribution is 0.0696. The normalized spacial score (nSPS) is 11.3. The number of nitrogens with zero attached hydrogens (tertiary/aromatic N) is 2. The van der Waals surface area contributed by atoms with Crippen LogP contribution in [0.1, 0.15) is 15.9 Å². The fourth-order valence-corrected chi connectivity index (χ4v) is 3.57. The first kappa shape index (κ1) is 17.6. The number of carboxylic acid groups (broad SMARTS) is 1. The Kier molecular flexibility index (Phi) is 4.47. The van der Waals surface area contributed by atoms with Crippen LogP contribution in [0.5, 0.6) is 0 Å². The molecule has 0 aliphatic carbocycles. The molecule has 7 nitrogen and oxygen atoms in total. The number of aromatic carboxylic acids is 1. The molecule has 1 heterocycles. The number of aromatic nitrogens is 2. The Labute approximate surface area is 148 Å². The highest BCUT2D eigenvalue weighted by Gasteiger charge is 2.19. The number of sulfonamides is 1. The van der Waals surface area contributed by atoms with Crippen LogP contribution < -0.4 is 4.72 Å². The Bertz CT molecular complexity index is 1080. The molecule has 0 unspecified atom stereocenters. The molecule has 0 saturated heterocycles. The van der Waals surface area contributed by atoms with E-state index in [9.17, 15) is 17.6 Å². The summed E-state index contributed by atoms with van der Waals surface area (Å²) in [5, 5.41) is 13.0. The van der Waals surface area contributed by atoms with Crippen molar-refractivity contribution in [2.24, 2.45) is 0 Å². The molecule has 0 spiro atoms. The Morgan fingerprint density at radius 2 is 2.00 bits per heavy atom. The molecule has 0 aliphatic rings. The average molecular weight is 375 g/mol. The number of hydrogen-bond donors (Lipinski definition) is 2. The van der Waals surface area contributed by atoms with Crippen molar-refractivity contribution in [3.63, 3.8) is 0 Å². The summed E-state index contributed by atoms with van der Waals surface area (Å²) in [5.74, 6) is -1.93. The van der Waals surface area contributed by atoms with Crippen molar-refractivity contribution < 1.29 is 22.7 Å². The summed E-state index contributed by atoms with van der Waals surface area (Å²) >= 11 is 0. The van der Waals surface area contributed by atoms with Crippen LogP contribution in [0.4, 0.5) is 10.1 Å². The number of halogens is 1. The van der Waals surface area contributed by atoms with Crippen LogP contribution in [0.25, 0.3) is 5.69 Å². The molecule has 0 amide bonds. The lowest BCUT2D eigenvalue weighted by atomic mass is 10.1. The van der Waals surface area contributed by atoms with E-state index in [0.29, 0.717) is 0 Å². The molecule has 0 bridgehead atoms. The minimum Gasteiger partial charge on any atom is -0.478 e. The maximum Gasteiger partial charge on any atom is 0.336 e. The minimum atomic E-state index is -4.10. The zero-order valence-electron chi connectivity index (χ0n) is 13.5. The molecule has 134 valence electrons. The van der Waals surface area contributed by atoms with Gasteiger partial charge < -0.3 is 5.11 Å². The van der Waals surface area contributed by atoms with E-state index in [4.69, 9.17) is 5.11 Å². The summed E-state index contributed by atoms with van der Waals surface area (Å²) in [6, 6.07) is 9.29. The summed E-state index contributed by atoms with van der Waals surface area (Å²) < 4.78 is 43.0. The van der Waals surface area contributed by atoms with Crippen LogP contribution in [0.3, 0.4) is 0 Å². The van der Waals surface area contributed by atoms with Gasteiger partial charge in [-0.2, -0.15) is 5.10 Å². The number of rotatable bonds is 5. The third-order valence-corrected chi connectivity index (χ3v) is 5.15. The van der Waals surface area contributed by atoms with Crippen molar-refractivity contribution in [1.29, 1.82) is 0 Å². The van der Waals surface area contributed by atoms with Crippen molar-refractivity contribution in [3.05, 3.63) is 71.8 Å². The summed E-state index contributed by atoms with van der Waals surface area (Å²) in [5.41, 5.74) is 0.460. The van der Waals surface area contributed by atoms with E-state index in [-0.39, 0.29) is 27.4 Å². The maximum atomic E-state index is 14.3. The SMILES string of the molecule is Cc1c(NS(=O)(=O)c2ccc(-n3cccn3)c(F)c2)cccc1C(=O)O. The Morgan fingerprint density at radius 1 is 1.23 bits per heavy atom. The summed E-state index contributed by atoms with van der Waals surface area (Å²) in [6.45, 7) is 1.49. The predicted molar refractivity (Wildman–Crippen MR) is 92.5 cm³/mol. The van der Waals surface area contributed by atoms with Gasteiger partial charge in [0.15, 0.2) is 0 Å². The second-order valence-electron chi connectivity index (χ2n) is 5.45. The van der Waals surface area contributed by atoms with E-state index in [1.807, 2.05) is 0 Å². The van der Waals surface area contributed by atoms with Gasteiger partial charge in [0.2, 0.25) is 0 Å². The number of anilines is 1. The molecule has 0 saturated carbocycles. The number of benzene rings is 2. The molecule has 1 aromatic heterocycles. The molecule has 2 aromatic carbocycles. The van der Waals surface area contributed by atoms with Crippen molar-refractivity contribution in [2.75, 3.05) is 4.72 Å². The maximum absolute atomic E-state index is 14.3. The highest BCUT2D eigenvalue weighted by Crippen LogP contribution is 2.24. The topological polar surface area (TPSA) is 101 Å². The summed E-state index contributed by atoms with van der Waals surface area (Å²) in [6.07, 6.45) is 3.01. The number of nitrogens with one attached hydrogen (secondary N) is 1. The zero-order valence-corrected chi connectivity index (χ0v) is 14.4. The second kappa shape index (κ2) is 6.60. The number of carbonyl (C=O) groups is 1. The first-order chi connectivity index (χ1) is 12.3. The Hall–Kier alpha value is -3.20. The van der Waals surface area contributed by atoms with Gasteiger partial charge in [0.1, 0.15) is 11.5 Å². The smallest absolute Gasteiger partial charge is 0.336 e. The van der Waals surface area contributed by atoms with Gasteiger partial charge in [-0.3, -0.25) is 4.72 Å². The van der Waals surface area contributed by atoms with Gasteiger partial charge in [0.25, 0.3) is 10.0 Å². The van der Waals surface area contributed by atoms with Gasteiger partial charge >= 0.3 is 5.97 Å². The van der Waals surface area contributed by atoms with Gasteiger partial charge in [0.05, 0.1) is 16.1 Å². The Morgan fingerprint density at radius 3 is 2.62 bits per heavy atom. The highest BCUT2D eigenvalue weighted by atomic mass is 32.2. The fourth-order valence-electron chi connectivity index (χ4n) is 2.43.